The van der Waals surface area contributed by atoms with Gasteiger partial charge in [0.2, 0.25) is 0 Å². The van der Waals surface area contributed by atoms with Crippen LogP contribution in [0.2, 0.25) is 0 Å². The minimum Gasteiger partial charge on any atom is -0.383 e. The molecule has 1 aromatic heterocycles. The Labute approximate surface area is 120 Å². The van der Waals surface area contributed by atoms with Crippen molar-refractivity contribution < 1.29 is 8.78 Å². The van der Waals surface area contributed by atoms with Crippen LogP contribution < -0.4 is 5.73 Å². The Hall–Kier alpha value is -2.56. The third-order valence-corrected chi connectivity index (χ3v) is 3.45. The molecule has 0 saturated carbocycles. The Balaban J connectivity index is 2.29. The predicted molar refractivity (Wildman–Crippen MR) is 78.8 cm³/mol. The van der Waals surface area contributed by atoms with Crippen LogP contribution in [0.4, 0.5) is 14.6 Å². The van der Waals surface area contributed by atoms with Crippen LogP contribution in [0, 0.1) is 25.5 Å². The van der Waals surface area contributed by atoms with Gasteiger partial charge in [0.25, 0.3) is 0 Å². The van der Waals surface area contributed by atoms with Gasteiger partial charge in [-0.3, -0.25) is 0 Å². The molecule has 2 aromatic carbocycles. The van der Waals surface area contributed by atoms with E-state index in [2.05, 4.69) is 9.97 Å². The van der Waals surface area contributed by atoms with E-state index in [1.54, 1.807) is 13.0 Å². The molecule has 0 bridgehead atoms. The molecule has 0 aliphatic carbocycles. The van der Waals surface area contributed by atoms with Gasteiger partial charge in [-0.15, -0.1) is 0 Å². The summed E-state index contributed by atoms with van der Waals surface area (Å²) in [6, 6.07) is 7.77. The smallest absolute Gasteiger partial charge is 0.165 e. The standard InChI is InChI=1S/C16H13F2N3/c1-8-4-3-5-13-14(8)15(19)21-16(20-13)10-6-9(2)11(17)7-12(10)18/h3-7H,1-2H3,(H2,19,20,21). The molecular formula is C16H13F2N3. The van der Waals surface area contributed by atoms with E-state index in [-0.39, 0.29) is 17.2 Å². The number of halogens is 2. The number of hydrogen-bond donors (Lipinski definition) is 1. The maximum atomic E-state index is 14.0. The SMILES string of the molecule is Cc1cc(-c2nc(N)c3c(C)cccc3n2)c(F)cc1F. The number of nitrogen functional groups attached to an aromatic ring is 1. The average molecular weight is 285 g/mol. The topological polar surface area (TPSA) is 51.8 Å². The first-order valence-corrected chi connectivity index (χ1v) is 6.46. The molecule has 106 valence electrons. The Morgan fingerprint density at radius 1 is 0.952 bits per heavy atom. The summed E-state index contributed by atoms with van der Waals surface area (Å²) in [5.41, 5.74) is 8.03. The molecule has 0 fully saturated rings. The zero-order chi connectivity index (χ0) is 15.1. The number of hydrogen-bond acceptors (Lipinski definition) is 3. The molecule has 21 heavy (non-hydrogen) atoms. The lowest BCUT2D eigenvalue weighted by Crippen LogP contribution is -2.01. The fourth-order valence-corrected chi connectivity index (χ4v) is 2.34. The predicted octanol–water partition coefficient (Wildman–Crippen LogP) is 3.77. The zero-order valence-electron chi connectivity index (χ0n) is 11.6. The minimum atomic E-state index is -0.704. The van der Waals surface area contributed by atoms with Gasteiger partial charge in [0.15, 0.2) is 5.82 Å². The number of benzene rings is 2. The van der Waals surface area contributed by atoms with Crippen LogP contribution in [0.25, 0.3) is 22.3 Å². The van der Waals surface area contributed by atoms with Crippen LogP contribution in [0.3, 0.4) is 0 Å². The number of fused-ring (bicyclic) bond motifs is 1. The molecule has 0 atom stereocenters. The second-order valence-corrected chi connectivity index (χ2v) is 4.98. The number of aryl methyl sites for hydroxylation is 2. The van der Waals surface area contributed by atoms with Crippen molar-refractivity contribution >= 4 is 16.7 Å². The van der Waals surface area contributed by atoms with Crippen molar-refractivity contribution in [3.63, 3.8) is 0 Å². The molecule has 0 radical (unpaired) electrons. The zero-order valence-corrected chi connectivity index (χ0v) is 11.6. The summed E-state index contributed by atoms with van der Waals surface area (Å²) in [6.07, 6.45) is 0. The fourth-order valence-electron chi connectivity index (χ4n) is 2.34. The molecular weight excluding hydrogens is 272 g/mol. The quantitative estimate of drug-likeness (QED) is 0.740. The van der Waals surface area contributed by atoms with E-state index in [0.29, 0.717) is 11.1 Å². The Morgan fingerprint density at radius 3 is 2.48 bits per heavy atom. The highest BCUT2D eigenvalue weighted by Gasteiger charge is 2.14. The van der Waals surface area contributed by atoms with Gasteiger partial charge in [-0.2, -0.15) is 0 Å². The van der Waals surface area contributed by atoms with E-state index in [9.17, 15) is 8.78 Å². The van der Waals surface area contributed by atoms with Crippen molar-refractivity contribution in [3.8, 4) is 11.4 Å². The summed E-state index contributed by atoms with van der Waals surface area (Å²) >= 11 is 0. The van der Waals surface area contributed by atoms with E-state index >= 15 is 0 Å². The van der Waals surface area contributed by atoms with Gasteiger partial charge >= 0.3 is 0 Å². The first kappa shape index (κ1) is 13.4. The monoisotopic (exact) mass is 285 g/mol. The molecule has 0 amide bonds. The third-order valence-electron chi connectivity index (χ3n) is 3.45. The van der Waals surface area contributed by atoms with E-state index in [0.717, 1.165) is 17.0 Å². The second kappa shape index (κ2) is 4.77. The molecule has 2 N–H and O–H groups in total. The second-order valence-electron chi connectivity index (χ2n) is 4.98. The van der Waals surface area contributed by atoms with Gasteiger partial charge in [0.05, 0.1) is 11.1 Å². The lowest BCUT2D eigenvalue weighted by molar-refractivity contribution is 0.579. The summed E-state index contributed by atoms with van der Waals surface area (Å²) < 4.78 is 27.3. The van der Waals surface area contributed by atoms with E-state index in [1.165, 1.54) is 6.07 Å². The van der Waals surface area contributed by atoms with Crippen LogP contribution in [0.1, 0.15) is 11.1 Å². The normalized spacial score (nSPS) is 11.0. The first-order valence-electron chi connectivity index (χ1n) is 6.46. The van der Waals surface area contributed by atoms with Crippen molar-refractivity contribution in [2.24, 2.45) is 0 Å². The van der Waals surface area contributed by atoms with Crippen LogP contribution in [0.15, 0.2) is 30.3 Å². The number of aromatic nitrogens is 2. The van der Waals surface area contributed by atoms with Gasteiger partial charge < -0.3 is 5.73 Å². The van der Waals surface area contributed by atoms with Crippen molar-refractivity contribution in [1.29, 1.82) is 0 Å². The van der Waals surface area contributed by atoms with Crippen LogP contribution in [-0.4, -0.2) is 9.97 Å². The maximum absolute atomic E-state index is 14.0. The maximum Gasteiger partial charge on any atom is 0.165 e. The molecule has 3 nitrogen and oxygen atoms in total. The summed E-state index contributed by atoms with van der Waals surface area (Å²) in [7, 11) is 0. The van der Waals surface area contributed by atoms with Gasteiger partial charge in [-0.05, 0) is 37.1 Å². The van der Waals surface area contributed by atoms with Crippen molar-refractivity contribution in [2.75, 3.05) is 5.73 Å². The van der Waals surface area contributed by atoms with Crippen molar-refractivity contribution in [1.82, 2.24) is 9.97 Å². The summed E-state index contributed by atoms with van der Waals surface area (Å²) in [4.78, 5) is 8.51. The van der Waals surface area contributed by atoms with Crippen LogP contribution in [0.5, 0.6) is 0 Å². The Kier molecular flexibility index (Phi) is 3.05. The number of rotatable bonds is 1. The summed E-state index contributed by atoms with van der Waals surface area (Å²) in [6.45, 7) is 3.47. The largest absolute Gasteiger partial charge is 0.383 e. The number of anilines is 1. The van der Waals surface area contributed by atoms with Crippen molar-refractivity contribution in [2.45, 2.75) is 13.8 Å². The van der Waals surface area contributed by atoms with Crippen LogP contribution >= 0.6 is 0 Å². The van der Waals surface area contributed by atoms with Gasteiger partial charge in [0.1, 0.15) is 17.5 Å². The van der Waals surface area contributed by atoms with E-state index in [1.807, 2.05) is 19.1 Å². The van der Waals surface area contributed by atoms with E-state index in [4.69, 9.17) is 5.73 Å². The summed E-state index contributed by atoms with van der Waals surface area (Å²) in [5, 5.41) is 0.750. The van der Waals surface area contributed by atoms with E-state index < -0.39 is 11.6 Å². The molecule has 3 aromatic rings. The summed E-state index contributed by atoms with van der Waals surface area (Å²) in [5.74, 6) is -0.856. The minimum absolute atomic E-state index is 0.143. The van der Waals surface area contributed by atoms with Gasteiger partial charge in [0, 0.05) is 11.5 Å². The molecule has 3 rings (SSSR count). The van der Waals surface area contributed by atoms with Gasteiger partial charge in [-0.25, -0.2) is 18.7 Å². The first-order chi connectivity index (χ1) is 9.97. The van der Waals surface area contributed by atoms with Crippen molar-refractivity contribution in [3.05, 3.63) is 53.1 Å². The van der Waals surface area contributed by atoms with Crippen LogP contribution in [-0.2, 0) is 0 Å². The van der Waals surface area contributed by atoms with Gasteiger partial charge in [-0.1, -0.05) is 12.1 Å². The highest BCUT2D eigenvalue weighted by molar-refractivity contribution is 5.92. The Morgan fingerprint density at radius 2 is 1.71 bits per heavy atom. The molecule has 0 unspecified atom stereocenters. The molecule has 5 heteroatoms. The third kappa shape index (κ3) is 2.20. The molecule has 0 aliphatic heterocycles. The lowest BCUT2D eigenvalue weighted by Gasteiger charge is -2.09. The fraction of sp³-hybridized carbons (Fsp3) is 0.125. The molecule has 0 saturated heterocycles. The molecule has 0 aliphatic rings. The molecule has 1 heterocycles. The molecule has 0 spiro atoms. The Bertz CT molecular complexity index is 860. The number of nitrogens with zero attached hydrogens (tertiary/aromatic N) is 2. The highest BCUT2D eigenvalue weighted by Crippen LogP contribution is 2.28. The highest BCUT2D eigenvalue weighted by atomic mass is 19.1. The number of nitrogens with two attached hydrogens (primary N) is 1. The lowest BCUT2D eigenvalue weighted by atomic mass is 10.1. The average Bonchev–Trinajstić information content (AvgIpc) is 2.42.